The number of carboxylic acids is 1. The first kappa shape index (κ1) is 15.6. The summed E-state index contributed by atoms with van der Waals surface area (Å²) in [5, 5.41) is 9.19. The molecule has 0 aliphatic rings. The Morgan fingerprint density at radius 3 is 2.53 bits per heavy atom. The van der Waals surface area contributed by atoms with Crippen LogP contribution in [0.15, 0.2) is 30.3 Å². The number of rotatable bonds is 8. The van der Waals surface area contributed by atoms with Crippen molar-refractivity contribution in [1.29, 1.82) is 0 Å². The van der Waals surface area contributed by atoms with Crippen LogP contribution < -0.4 is 5.48 Å². The first-order valence-electron chi connectivity index (χ1n) is 6.22. The van der Waals surface area contributed by atoms with E-state index in [1.807, 2.05) is 44.2 Å². The maximum atomic E-state index is 13.1. The van der Waals surface area contributed by atoms with Gasteiger partial charge in [-0.15, -0.1) is 0 Å². The predicted octanol–water partition coefficient (Wildman–Crippen LogP) is 2.55. The molecule has 5 heteroatoms. The molecule has 0 radical (unpaired) electrons. The summed E-state index contributed by atoms with van der Waals surface area (Å²) in [6, 6.07) is 9.28. The molecule has 106 valence electrons. The third-order valence-electron chi connectivity index (χ3n) is 2.74. The van der Waals surface area contributed by atoms with Crippen LogP contribution in [0.25, 0.3) is 0 Å². The van der Waals surface area contributed by atoms with Gasteiger partial charge in [0.1, 0.15) is 6.67 Å². The highest BCUT2D eigenvalue weighted by Gasteiger charge is 2.40. The van der Waals surface area contributed by atoms with Crippen LogP contribution in [0.2, 0.25) is 0 Å². The fourth-order valence-electron chi connectivity index (χ4n) is 1.84. The smallest absolute Gasteiger partial charge is 0.328 e. The third kappa shape index (κ3) is 4.61. The Morgan fingerprint density at radius 1 is 1.42 bits per heavy atom. The van der Waals surface area contributed by atoms with Gasteiger partial charge in [-0.1, -0.05) is 44.2 Å². The Hall–Kier alpha value is -1.46. The van der Waals surface area contributed by atoms with E-state index in [1.54, 1.807) is 0 Å². The van der Waals surface area contributed by atoms with E-state index >= 15 is 0 Å². The average molecular weight is 269 g/mol. The van der Waals surface area contributed by atoms with Gasteiger partial charge in [0.25, 0.3) is 0 Å². The molecular formula is C14H20FNO3. The van der Waals surface area contributed by atoms with Crippen LogP contribution in [0, 0.1) is 5.92 Å². The molecule has 0 saturated carbocycles. The highest BCUT2D eigenvalue weighted by molar-refractivity contribution is 5.78. The molecule has 0 heterocycles. The van der Waals surface area contributed by atoms with Crippen molar-refractivity contribution >= 4 is 5.97 Å². The van der Waals surface area contributed by atoms with Crippen LogP contribution in [0.5, 0.6) is 0 Å². The molecule has 19 heavy (non-hydrogen) atoms. The molecule has 1 aromatic rings. The first-order chi connectivity index (χ1) is 9.00. The Labute approximate surface area is 112 Å². The number of hydrogen-bond acceptors (Lipinski definition) is 3. The zero-order chi connectivity index (χ0) is 14.3. The minimum atomic E-state index is -1.68. The van der Waals surface area contributed by atoms with Gasteiger partial charge in [0, 0.05) is 0 Å². The monoisotopic (exact) mass is 269 g/mol. The van der Waals surface area contributed by atoms with Crippen molar-refractivity contribution in [1.82, 2.24) is 5.48 Å². The van der Waals surface area contributed by atoms with Crippen LogP contribution in [0.1, 0.15) is 25.8 Å². The Bertz CT molecular complexity index is 397. The molecule has 0 bridgehead atoms. The van der Waals surface area contributed by atoms with Gasteiger partial charge in [-0.2, -0.15) is 5.48 Å². The number of benzene rings is 1. The van der Waals surface area contributed by atoms with Crippen molar-refractivity contribution in [2.45, 2.75) is 32.4 Å². The Balaban J connectivity index is 2.60. The summed E-state index contributed by atoms with van der Waals surface area (Å²) in [7, 11) is 0. The molecule has 0 aromatic heterocycles. The van der Waals surface area contributed by atoms with E-state index in [1.165, 1.54) is 0 Å². The highest BCUT2D eigenvalue weighted by atomic mass is 19.1. The number of halogens is 1. The fourth-order valence-corrected chi connectivity index (χ4v) is 1.84. The summed E-state index contributed by atoms with van der Waals surface area (Å²) in [4.78, 5) is 16.4. The Morgan fingerprint density at radius 2 is 2.05 bits per heavy atom. The lowest BCUT2D eigenvalue weighted by atomic mass is 9.91. The molecule has 4 nitrogen and oxygen atoms in total. The van der Waals surface area contributed by atoms with Gasteiger partial charge in [-0.25, -0.2) is 4.39 Å². The van der Waals surface area contributed by atoms with E-state index < -0.39 is 18.2 Å². The standard InChI is InChI=1S/C14H20FNO3/c1-11(2)8-14(10-15,13(17)18)16-19-9-12-6-4-3-5-7-12/h3-7,11,16H,8-10H2,1-2H3,(H,17,18)/t14-/m1/s1. The minimum Gasteiger partial charge on any atom is -0.480 e. The van der Waals surface area contributed by atoms with Gasteiger partial charge < -0.3 is 5.11 Å². The molecule has 1 atom stereocenters. The summed E-state index contributed by atoms with van der Waals surface area (Å²) < 4.78 is 13.1. The van der Waals surface area contributed by atoms with Gasteiger partial charge in [-0.05, 0) is 17.9 Å². The fraction of sp³-hybridized carbons (Fsp3) is 0.500. The number of carboxylic acid groups (broad SMARTS) is 1. The number of hydrogen-bond donors (Lipinski definition) is 2. The van der Waals surface area contributed by atoms with Crippen molar-refractivity contribution in [3.8, 4) is 0 Å². The number of hydroxylamine groups is 1. The van der Waals surface area contributed by atoms with E-state index in [0.717, 1.165) is 5.56 Å². The van der Waals surface area contributed by atoms with Crippen LogP contribution in [-0.2, 0) is 16.2 Å². The summed E-state index contributed by atoms with van der Waals surface area (Å²) in [6.45, 7) is 2.85. The van der Waals surface area contributed by atoms with Crippen LogP contribution in [-0.4, -0.2) is 23.3 Å². The van der Waals surface area contributed by atoms with Crippen molar-refractivity contribution in [3.05, 3.63) is 35.9 Å². The van der Waals surface area contributed by atoms with Crippen LogP contribution in [0.3, 0.4) is 0 Å². The molecule has 0 unspecified atom stereocenters. The lowest BCUT2D eigenvalue weighted by Gasteiger charge is -2.28. The summed E-state index contributed by atoms with van der Waals surface area (Å²) >= 11 is 0. The molecule has 1 rings (SSSR count). The number of nitrogens with one attached hydrogen (secondary N) is 1. The Kier molecular flexibility index (Phi) is 5.92. The van der Waals surface area contributed by atoms with Crippen molar-refractivity contribution < 1.29 is 19.1 Å². The first-order valence-corrected chi connectivity index (χ1v) is 6.22. The lowest BCUT2D eigenvalue weighted by Crippen LogP contribution is -2.54. The molecule has 1 aromatic carbocycles. The zero-order valence-electron chi connectivity index (χ0n) is 11.2. The van der Waals surface area contributed by atoms with Gasteiger partial charge in [0.05, 0.1) is 6.61 Å². The van der Waals surface area contributed by atoms with Crippen molar-refractivity contribution in [3.63, 3.8) is 0 Å². The molecule has 0 aliphatic carbocycles. The lowest BCUT2D eigenvalue weighted by molar-refractivity contribution is -0.157. The van der Waals surface area contributed by atoms with E-state index in [-0.39, 0.29) is 18.9 Å². The van der Waals surface area contributed by atoms with E-state index in [4.69, 9.17) is 4.84 Å². The zero-order valence-corrected chi connectivity index (χ0v) is 11.2. The molecular weight excluding hydrogens is 249 g/mol. The van der Waals surface area contributed by atoms with Gasteiger partial charge in [-0.3, -0.25) is 9.63 Å². The number of carbonyl (C=O) groups is 1. The molecule has 0 spiro atoms. The normalized spacial score (nSPS) is 14.3. The minimum absolute atomic E-state index is 0.0414. The number of alkyl halides is 1. The summed E-state index contributed by atoms with van der Waals surface area (Å²) in [5.74, 6) is -1.20. The number of aliphatic carboxylic acids is 1. The molecule has 0 saturated heterocycles. The molecule has 0 amide bonds. The summed E-state index contributed by atoms with van der Waals surface area (Å²) in [5.41, 5.74) is 1.60. The quantitative estimate of drug-likeness (QED) is 0.712. The molecule has 0 fully saturated rings. The second-order valence-corrected chi connectivity index (χ2v) is 5.00. The topological polar surface area (TPSA) is 58.6 Å². The van der Waals surface area contributed by atoms with Gasteiger partial charge in [0.15, 0.2) is 5.54 Å². The van der Waals surface area contributed by atoms with Crippen molar-refractivity contribution in [2.24, 2.45) is 5.92 Å². The predicted molar refractivity (Wildman–Crippen MR) is 70.2 cm³/mol. The third-order valence-corrected chi connectivity index (χ3v) is 2.74. The highest BCUT2D eigenvalue weighted by Crippen LogP contribution is 2.19. The second kappa shape index (κ2) is 7.21. The van der Waals surface area contributed by atoms with E-state index in [9.17, 15) is 14.3 Å². The molecule has 2 N–H and O–H groups in total. The van der Waals surface area contributed by atoms with Crippen LogP contribution >= 0.6 is 0 Å². The maximum absolute atomic E-state index is 13.1. The summed E-state index contributed by atoms with van der Waals surface area (Å²) in [6.07, 6.45) is 0.160. The van der Waals surface area contributed by atoms with Crippen molar-refractivity contribution in [2.75, 3.05) is 6.67 Å². The molecule has 0 aliphatic heterocycles. The van der Waals surface area contributed by atoms with Crippen LogP contribution in [0.4, 0.5) is 4.39 Å². The van der Waals surface area contributed by atoms with E-state index in [2.05, 4.69) is 5.48 Å². The van der Waals surface area contributed by atoms with Gasteiger partial charge in [0.2, 0.25) is 0 Å². The second-order valence-electron chi connectivity index (χ2n) is 5.00. The largest absolute Gasteiger partial charge is 0.480 e. The maximum Gasteiger partial charge on any atom is 0.328 e. The average Bonchev–Trinajstić information content (AvgIpc) is 2.38. The SMILES string of the molecule is CC(C)C[C@](CF)(NOCc1ccccc1)C(=O)O. The van der Waals surface area contributed by atoms with Gasteiger partial charge >= 0.3 is 5.97 Å². The van der Waals surface area contributed by atoms with E-state index in [0.29, 0.717) is 0 Å².